The normalized spacial score (nSPS) is 26.2. The highest BCUT2D eigenvalue weighted by atomic mass is 16.4. The lowest BCUT2D eigenvalue weighted by Gasteiger charge is -2.30. The highest BCUT2D eigenvalue weighted by Gasteiger charge is 2.38. The van der Waals surface area contributed by atoms with E-state index in [1.807, 2.05) is 19.1 Å². The molecule has 0 radical (unpaired) electrons. The van der Waals surface area contributed by atoms with Crippen molar-refractivity contribution in [2.45, 2.75) is 39.3 Å². The maximum atomic E-state index is 11.2. The van der Waals surface area contributed by atoms with Crippen LogP contribution in [-0.2, 0) is 4.79 Å². The maximum Gasteiger partial charge on any atom is 0.308 e. The SMILES string of the molecule is Cc1ccccc1C(C)N1CCC(C(=O)O)C1C. The quantitative estimate of drug-likeness (QED) is 0.893. The van der Waals surface area contributed by atoms with Gasteiger partial charge >= 0.3 is 5.97 Å². The monoisotopic (exact) mass is 247 g/mol. The summed E-state index contributed by atoms with van der Waals surface area (Å²) in [6.07, 6.45) is 0.757. The van der Waals surface area contributed by atoms with Crippen molar-refractivity contribution in [3.8, 4) is 0 Å². The zero-order valence-electron chi connectivity index (χ0n) is 11.3. The summed E-state index contributed by atoms with van der Waals surface area (Å²) in [6, 6.07) is 8.73. The molecule has 1 aliphatic heterocycles. The number of likely N-dealkylation sites (tertiary alicyclic amines) is 1. The molecule has 1 fully saturated rings. The number of carboxylic acids is 1. The Bertz CT molecular complexity index is 444. The van der Waals surface area contributed by atoms with Gasteiger partial charge in [-0.15, -0.1) is 0 Å². The molecule has 1 saturated heterocycles. The third-order valence-corrected chi connectivity index (χ3v) is 4.26. The highest BCUT2D eigenvalue weighted by Crippen LogP contribution is 2.33. The largest absolute Gasteiger partial charge is 0.481 e. The number of nitrogens with zero attached hydrogens (tertiary/aromatic N) is 1. The Morgan fingerprint density at radius 1 is 1.44 bits per heavy atom. The third kappa shape index (κ3) is 2.27. The molecule has 0 amide bonds. The first-order chi connectivity index (χ1) is 8.52. The molecule has 0 aliphatic carbocycles. The predicted octanol–water partition coefficient (Wildman–Crippen LogP) is 2.85. The number of hydrogen-bond acceptors (Lipinski definition) is 2. The summed E-state index contributed by atoms with van der Waals surface area (Å²) in [7, 11) is 0. The number of aryl methyl sites for hydroxylation is 1. The lowest BCUT2D eigenvalue weighted by atomic mass is 9.99. The first-order valence-electron chi connectivity index (χ1n) is 6.56. The van der Waals surface area contributed by atoms with Crippen LogP contribution in [0.3, 0.4) is 0 Å². The Morgan fingerprint density at radius 3 is 2.67 bits per heavy atom. The van der Waals surface area contributed by atoms with Crippen LogP contribution in [0.15, 0.2) is 24.3 Å². The first-order valence-corrected chi connectivity index (χ1v) is 6.56. The fourth-order valence-electron chi connectivity index (χ4n) is 3.07. The zero-order valence-corrected chi connectivity index (χ0v) is 11.3. The number of benzene rings is 1. The van der Waals surface area contributed by atoms with E-state index in [-0.39, 0.29) is 18.0 Å². The van der Waals surface area contributed by atoms with E-state index in [0.717, 1.165) is 13.0 Å². The molecule has 0 aromatic heterocycles. The molecule has 98 valence electrons. The van der Waals surface area contributed by atoms with Crippen LogP contribution in [0.1, 0.15) is 37.4 Å². The van der Waals surface area contributed by atoms with Crippen molar-refractivity contribution >= 4 is 5.97 Å². The topological polar surface area (TPSA) is 40.5 Å². The average Bonchev–Trinajstić information content (AvgIpc) is 2.71. The van der Waals surface area contributed by atoms with Gasteiger partial charge < -0.3 is 5.11 Å². The average molecular weight is 247 g/mol. The summed E-state index contributed by atoms with van der Waals surface area (Å²) < 4.78 is 0. The summed E-state index contributed by atoms with van der Waals surface area (Å²) >= 11 is 0. The van der Waals surface area contributed by atoms with Gasteiger partial charge in [0.1, 0.15) is 0 Å². The van der Waals surface area contributed by atoms with E-state index < -0.39 is 5.97 Å². The van der Waals surface area contributed by atoms with Crippen LogP contribution in [0.25, 0.3) is 0 Å². The van der Waals surface area contributed by atoms with Crippen LogP contribution < -0.4 is 0 Å². The Hall–Kier alpha value is -1.35. The van der Waals surface area contributed by atoms with Gasteiger partial charge in [-0.3, -0.25) is 9.69 Å². The fraction of sp³-hybridized carbons (Fsp3) is 0.533. The van der Waals surface area contributed by atoms with Crippen LogP contribution in [0.2, 0.25) is 0 Å². The van der Waals surface area contributed by atoms with Crippen molar-refractivity contribution in [1.82, 2.24) is 4.90 Å². The predicted molar refractivity (Wildman–Crippen MR) is 71.5 cm³/mol. The van der Waals surface area contributed by atoms with Gasteiger partial charge in [-0.1, -0.05) is 24.3 Å². The van der Waals surface area contributed by atoms with Crippen molar-refractivity contribution in [3.05, 3.63) is 35.4 Å². The van der Waals surface area contributed by atoms with Crippen LogP contribution >= 0.6 is 0 Å². The molecule has 1 aliphatic rings. The second-order valence-electron chi connectivity index (χ2n) is 5.24. The Morgan fingerprint density at radius 2 is 2.11 bits per heavy atom. The number of carboxylic acid groups (broad SMARTS) is 1. The number of hydrogen-bond donors (Lipinski definition) is 1. The molecule has 3 unspecified atom stereocenters. The summed E-state index contributed by atoms with van der Waals surface area (Å²) in [5, 5.41) is 9.18. The second-order valence-corrected chi connectivity index (χ2v) is 5.24. The molecule has 0 saturated carbocycles. The van der Waals surface area contributed by atoms with Gasteiger partial charge in [0.05, 0.1) is 5.92 Å². The third-order valence-electron chi connectivity index (χ3n) is 4.26. The summed E-state index contributed by atoms with van der Waals surface area (Å²) in [4.78, 5) is 13.5. The van der Waals surface area contributed by atoms with E-state index >= 15 is 0 Å². The number of rotatable bonds is 3. The van der Waals surface area contributed by atoms with E-state index in [2.05, 4.69) is 30.9 Å². The molecule has 0 bridgehead atoms. The van der Waals surface area contributed by atoms with E-state index in [1.54, 1.807) is 0 Å². The summed E-state index contributed by atoms with van der Waals surface area (Å²) in [6.45, 7) is 7.18. The second kappa shape index (κ2) is 5.11. The maximum absolute atomic E-state index is 11.2. The molecule has 1 N–H and O–H groups in total. The molecule has 3 heteroatoms. The van der Waals surface area contributed by atoms with Gasteiger partial charge in [0.15, 0.2) is 0 Å². The Labute approximate surface area is 108 Å². The van der Waals surface area contributed by atoms with Crippen molar-refractivity contribution in [1.29, 1.82) is 0 Å². The minimum absolute atomic E-state index is 0.108. The summed E-state index contributed by atoms with van der Waals surface area (Å²) in [5.41, 5.74) is 2.58. The van der Waals surface area contributed by atoms with Crippen LogP contribution in [0.4, 0.5) is 0 Å². The van der Waals surface area contributed by atoms with Crippen LogP contribution in [0, 0.1) is 12.8 Å². The van der Waals surface area contributed by atoms with Crippen molar-refractivity contribution in [2.24, 2.45) is 5.92 Å². The van der Waals surface area contributed by atoms with Gasteiger partial charge in [-0.2, -0.15) is 0 Å². The van der Waals surface area contributed by atoms with Crippen LogP contribution in [0.5, 0.6) is 0 Å². The van der Waals surface area contributed by atoms with Gasteiger partial charge in [0.25, 0.3) is 0 Å². The van der Waals surface area contributed by atoms with E-state index in [1.165, 1.54) is 11.1 Å². The van der Waals surface area contributed by atoms with E-state index in [0.29, 0.717) is 0 Å². The molecule has 2 rings (SSSR count). The molecular formula is C15H21NO2. The van der Waals surface area contributed by atoms with Crippen molar-refractivity contribution in [2.75, 3.05) is 6.54 Å². The smallest absolute Gasteiger partial charge is 0.308 e. The lowest BCUT2D eigenvalue weighted by molar-refractivity contribution is -0.142. The Kier molecular flexibility index (Phi) is 3.71. The minimum atomic E-state index is -0.665. The number of aliphatic carboxylic acids is 1. The zero-order chi connectivity index (χ0) is 13.3. The molecule has 1 aromatic rings. The van der Waals surface area contributed by atoms with Gasteiger partial charge in [-0.25, -0.2) is 0 Å². The van der Waals surface area contributed by atoms with E-state index in [9.17, 15) is 9.90 Å². The standard InChI is InChI=1S/C15H21NO2/c1-10-6-4-5-7-13(10)11(2)16-9-8-14(12(16)3)15(17)18/h4-7,11-12,14H,8-9H2,1-3H3,(H,17,18). The van der Waals surface area contributed by atoms with Gasteiger partial charge in [-0.05, 0) is 44.9 Å². The minimum Gasteiger partial charge on any atom is -0.481 e. The van der Waals surface area contributed by atoms with Crippen molar-refractivity contribution < 1.29 is 9.90 Å². The fourth-order valence-corrected chi connectivity index (χ4v) is 3.07. The van der Waals surface area contributed by atoms with Gasteiger partial charge in [0, 0.05) is 12.1 Å². The summed E-state index contributed by atoms with van der Waals surface area (Å²) in [5.74, 6) is -0.890. The number of carbonyl (C=O) groups is 1. The molecule has 0 spiro atoms. The molecule has 1 aromatic carbocycles. The highest BCUT2D eigenvalue weighted by molar-refractivity contribution is 5.71. The van der Waals surface area contributed by atoms with E-state index in [4.69, 9.17) is 0 Å². The molecule has 1 heterocycles. The Balaban J connectivity index is 2.18. The molecular weight excluding hydrogens is 226 g/mol. The molecule has 18 heavy (non-hydrogen) atoms. The van der Waals surface area contributed by atoms with Crippen LogP contribution in [-0.4, -0.2) is 28.6 Å². The molecule has 3 atom stereocenters. The molecule has 3 nitrogen and oxygen atoms in total. The van der Waals surface area contributed by atoms with Crippen molar-refractivity contribution in [3.63, 3.8) is 0 Å². The first kappa shape index (κ1) is 13.1. The lowest BCUT2D eigenvalue weighted by Crippen LogP contribution is -2.35. The van der Waals surface area contributed by atoms with Gasteiger partial charge in [0.2, 0.25) is 0 Å².